The molecule has 0 aromatic heterocycles. The predicted molar refractivity (Wildman–Crippen MR) is 57.4 cm³/mol. The van der Waals surface area contributed by atoms with Gasteiger partial charge in [-0.3, -0.25) is 4.79 Å². The topological polar surface area (TPSA) is 66.8 Å². The molecule has 0 aromatic carbocycles. The van der Waals surface area contributed by atoms with E-state index in [1.54, 1.807) is 0 Å². The molecule has 0 saturated carbocycles. The van der Waals surface area contributed by atoms with Gasteiger partial charge in [0.2, 0.25) is 0 Å². The fraction of sp³-hybridized carbons (Fsp3) is 0.909. The van der Waals surface area contributed by atoms with Gasteiger partial charge in [0, 0.05) is 0 Å². The summed E-state index contributed by atoms with van der Waals surface area (Å²) in [5, 5.41) is 17.5. The molecular formula is C11H22O4. The van der Waals surface area contributed by atoms with Gasteiger partial charge in [-0.25, -0.2) is 0 Å². The van der Waals surface area contributed by atoms with Crippen molar-refractivity contribution in [1.82, 2.24) is 0 Å². The molecule has 0 bridgehead atoms. The highest BCUT2D eigenvalue weighted by Crippen LogP contribution is 2.15. The standard InChI is InChI=1S/C11H22O4/c1-3-5-6-9(4-2)11(14)15-10(7-12)8-13/h9-10,12-13H,3-8H2,1-2H3. The van der Waals surface area contributed by atoms with Crippen LogP contribution in [-0.2, 0) is 9.53 Å². The van der Waals surface area contributed by atoms with Crippen molar-refractivity contribution in [3.05, 3.63) is 0 Å². The number of rotatable bonds is 8. The predicted octanol–water partition coefficient (Wildman–Crippen LogP) is 1.10. The van der Waals surface area contributed by atoms with Gasteiger partial charge in [-0.15, -0.1) is 0 Å². The molecule has 0 saturated heterocycles. The Morgan fingerprint density at radius 3 is 2.27 bits per heavy atom. The lowest BCUT2D eigenvalue weighted by Crippen LogP contribution is -2.29. The van der Waals surface area contributed by atoms with Gasteiger partial charge >= 0.3 is 5.97 Å². The Hall–Kier alpha value is -0.610. The minimum absolute atomic E-state index is 0.106. The fourth-order valence-corrected chi connectivity index (χ4v) is 1.33. The van der Waals surface area contributed by atoms with Crippen LogP contribution >= 0.6 is 0 Å². The van der Waals surface area contributed by atoms with Gasteiger partial charge in [0.1, 0.15) is 6.10 Å². The molecule has 90 valence electrons. The molecular weight excluding hydrogens is 196 g/mol. The van der Waals surface area contributed by atoms with Crippen molar-refractivity contribution >= 4 is 5.97 Å². The summed E-state index contributed by atoms with van der Waals surface area (Å²) < 4.78 is 4.96. The van der Waals surface area contributed by atoms with E-state index in [1.807, 2.05) is 6.92 Å². The molecule has 1 unspecified atom stereocenters. The van der Waals surface area contributed by atoms with Crippen LogP contribution in [-0.4, -0.2) is 35.5 Å². The minimum Gasteiger partial charge on any atom is -0.457 e. The molecule has 0 aliphatic heterocycles. The molecule has 15 heavy (non-hydrogen) atoms. The molecule has 4 nitrogen and oxygen atoms in total. The highest BCUT2D eigenvalue weighted by Gasteiger charge is 2.20. The van der Waals surface area contributed by atoms with E-state index >= 15 is 0 Å². The third-order valence-corrected chi connectivity index (χ3v) is 2.42. The van der Waals surface area contributed by atoms with Crippen LogP contribution in [0.4, 0.5) is 0 Å². The average Bonchev–Trinajstić information content (AvgIpc) is 2.26. The molecule has 2 N–H and O–H groups in total. The quantitative estimate of drug-likeness (QED) is 0.599. The molecule has 0 amide bonds. The van der Waals surface area contributed by atoms with Crippen LogP contribution in [0.25, 0.3) is 0 Å². The lowest BCUT2D eigenvalue weighted by Gasteiger charge is -2.18. The fourth-order valence-electron chi connectivity index (χ4n) is 1.33. The van der Waals surface area contributed by atoms with Crippen LogP contribution in [0.15, 0.2) is 0 Å². The van der Waals surface area contributed by atoms with Crippen LogP contribution in [0.1, 0.15) is 39.5 Å². The molecule has 0 heterocycles. The first-order valence-corrected chi connectivity index (χ1v) is 5.61. The highest BCUT2D eigenvalue weighted by molar-refractivity contribution is 5.72. The Balaban J connectivity index is 4.02. The van der Waals surface area contributed by atoms with Crippen molar-refractivity contribution in [3.8, 4) is 0 Å². The van der Waals surface area contributed by atoms with Crippen molar-refractivity contribution in [3.63, 3.8) is 0 Å². The molecule has 0 spiro atoms. The maximum Gasteiger partial charge on any atom is 0.309 e. The van der Waals surface area contributed by atoms with Crippen LogP contribution in [0.3, 0.4) is 0 Å². The molecule has 0 fully saturated rings. The molecule has 4 heteroatoms. The Kier molecular flexibility index (Phi) is 8.33. The second-order valence-corrected chi connectivity index (χ2v) is 3.67. The summed E-state index contributed by atoms with van der Waals surface area (Å²) >= 11 is 0. The monoisotopic (exact) mass is 218 g/mol. The minimum atomic E-state index is -0.770. The number of hydrogen-bond acceptors (Lipinski definition) is 4. The summed E-state index contributed by atoms with van der Waals surface area (Å²) in [6.07, 6.45) is 2.83. The summed E-state index contributed by atoms with van der Waals surface area (Å²) in [4.78, 5) is 11.6. The van der Waals surface area contributed by atoms with Gasteiger partial charge < -0.3 is 14.9 Å². The maximum absolute atomic E-state index is 11.6. The van der Waals surface area contributed by atoms with Gasteiger partial charge in [0.25, 0.3) is 0 Å². The average molecular weight is 218 g/mol. The molecule has 0 radical (unpaired) electrons. The number of carbonyl (C=O) groups excluding carboxylic acids is 1. The van der Waals surface area contributed by atoms with E-state index in [9.17, 15) is 4.79 Å². The summed E-state index contributed by atoms with van der Waals surface area (Å²) in [6.45, 7) is 3.36. The first-order chi connectivity index (χ1) is 7.19. The van der Waals surface area contributed by atoms with Gasteiger partial charge in [0.05, 0.1) is 19.1 Å². The zero-order valence-electron chi connectivity index (χ0n) is 9.61. The van der Waals surface area contributed by atoms with Gasteiger partial charge in [-0.1, -0.05) is 26.7 Å². The highest BCUT2D eigenvalue weighted by atomic mass is 16.6. The van der Waals surface area contributed by atoms with Crippen molar-refractivity contribution in [2.75, 3.05) is 13.2 Å². The second-order valence-electron chi connectivity index (χ2n) is 3.67. The van der Waals surface area contributed by atoms with E-state index < -0.39 is 6.10 Å². The Morgan fingerprint density at radius 1 is 1.27 bits per heavy atom. The van der Waals surface area contributed by atoms with E-state index in [4.69, 9.17) is 14.9 Å². The zero-order chi connectivity index (χ0) is 11.7. The van der Waals surface area contributed by atoms with Crippen LogP contribution in [0.5, 0.6) is 0 Å². The van der Waals surface area contributed by atoms with E-state index in [1.165, 1.54) is 0 Å². The van der Waals surface area contributed by atoms with E-state index in [0.29, 0.717) is 0 Å². The second kappa shape index (κ2) is 8.68. The summed E-state index contributed by atoms with van der Waals surface area (Å²) in [5.74, 6) is -0.412. The van der Waals surface area contributed by atoms with Gasteiger partial charge in [-0.2, -0.15) is 0 Å². The summed E-state index contributed by atoms with van der Waals surface area (Å²) in [6, 6.07) is 0. The van der Waals surface area contributed by atoms with Crippen LogP contribution in [0.2, 0.25) is 0 Å². The van der Waals surface area contributed by atoms with E-state index in [2.05, 4.69) is 6.92 Å². The third-order valence-electron chi connectivity index (χ3n) is 2.42. The van der Waals surface area contributed by atoms with Crippen molar-refractivity contribution in [1.29, 1.82) is 0 Å². The normalized spacial score (nSPS) is 12.9. The number of esters is 1. The van der Waals surface area contributed by atoms with Crippen molar-refractivity contribution in [2.24, 2.45) is 5.92 Å². The number of aliphatic hydroxyl groups excluding tert-OH is 2. The molecule has 1 atom stereocenters. The summed E-state index contributed by atoms with van der Waals surface area (Å²) in [5.41, 5.74) is 0. The Morgan fingerprint density at radius 2 is 1.87 bits per heavy atom. The smallest absolute Gasteiger partial charge is 0.309 e. The van der Waals surface area contributed by atoms with Crippen molar-refractivity contribution in [2.45, 2.75) is 45.6 Å². The van der Waals surface area contributed by atoms with Crippen LogP contribution < -0.4 is 0 Å². The maximum atomic E-state index is 11.6. The largest absolute Gasteiger partial charge is 0.457 e. The van der Waals surface area contributed by atoms with E-state index in [0.717, 1.165) is 25.7 Å². The number of hydrogen-bond donors (Lipinski definition) is 2. The first-order valence-electron chi connectivity index (χ1n) is 5.61. The lowest BCUT2D eigenvalue weighted by molar-refractivity contribution is -0.158. The van der Waals surface area contributed by atoms with E-state index in [-0.39, 0.29) is 25.1 Å². The number of unbranched alkanes of at least 4 members (excludes halogenated alkanes) is 1. The lowest BCUT2D eigenvalue weighted by atomic mass is 10.00. The molecule has 0 aromatic rings. The summed E-state index contributed by atoms with van der Waals surface area (Å²) in [7, 11) is 0. The Bertz CT molecular complexity index is 166. The molecule has 0 rings (SSSR count). The first kappa shape index (κ1) is 14.4. The molecule has 0 aliphatic rings. The Labute approximate surface area is 91.3 Å². The van der Waals surface area contributed by atoms with Gasteiger partial charge in [0.15, 0.2) is 0 Å². The third kappa shape index (κ3) is 5.74. The SMILES string of the molecule is CCCCC(CC)C(=O)OC(CO)CO. The number of carbonyl (C=O) groups is 1. The zero-order valence-corrected chi connectivity index (χ0v) is 9.61. The van der Waals surface area contributed by atoms with Crippen LogP contribution in [0, 0.1) is 5.92 Å². The van der Waals surface area contributed by atoms with Crippen molar-refractivity contribution < 1.29 is 19.7 Å². The molecule has 0 aliphatic carbocycles. The number of aliphatic hydroxyl groups is 2. The number of ether oxygens (including phenoxy) is 1. The van der Waals surface area contributed by atoms with Gasteiger partial charge in [-0.05, 0) is 12.8 Å².